The van der Waals surface area contributed by atoms with E-state index in [2.05, 4.69) is 12.6 Å². The summed E-state index contributed by atoms with van der Waals surface area (Å²) in [6, 6.07) is 5.22. The zero-order chi connectivity index (χ0) is 18.7. The van der Waals surface area contributed by atoms with Gasteiger partial charge in [0.15, 0.2) is 0 Å². The molecule has 9 heteroatoms. The molecule has 2 aliphatic heterocycles. The van der Waals surface area contributed by atoms with Gasteiger partial charge in [0.25, 0.3) is 5.69 Å². The van der Waals surface area contributed by atoms with Gasteiger partial charge in [-0.3, -0.25) is 19.8 Å². The van der Waals surface area contributed by atoms with E-state index >= 15 is 0 Å². The maximum atomic E-state index is 12.6. The van der Waals surface area contributed by atoms with Crippen LogP contribution in [0.3, 0.4) is 0 Å². The lowest BCUT2D eigenvalue weighted by atomic mass is 10.2. The molecule has 3 rings (SSSR count). The summed E-state index contributed by atoms with van der Waals surface area (Å²) in [6.07, 6.45) is 3.75. The van der Waals surface area contributed by atoms with Gasteiger partial charge in [-0.1, -0.05) is 12.2 Å². The second kappa shape index (κ2) is 7.77. The van der Waals surface area contributed by atoms with Gasteiger partial charge in [0.2, 0.25) is 5.91 Å². The molecule has 2 amide bonds. The van der Waals surface area contributed by atoms with Crippen LogP contribution in [0.25, 0.3) is 0 Å². The van der Waals surface area contributed by atoms with Crippen LogP contribution in [0.1, 0.15) is 12.0 Å². The molecule has 0 N–H and O–H groups in total. The Balaban J connectivity index is 1.60. The Labute approximate surface area is 156 Å². The van der Waals surface area contributed by atoms with Crippen molar-refractivity contribution in [3.05, 3.63) is 52.1 Å². The van der Waals surface area contributed by atoms with Gasteiger partial charge >= 0.3 is 6.09 Å². The standard InChI is InChI=1S/C17H19N3O5S/c21-16(18-7-1-2-8-18)15-9-14(26)10-19(15)17(22)25-11-12-3-5-13(6-4-12)20(23)24/h1-6,14-15,26H,7-11H2/t14-,15-/m0/s1. The summed E-state index contributed by atoms with van der Waals surface area (Å²) in [5.41, 5.74) is 0.611. The molecular weight excluding hydrogens is 358 g/mol. The van der Waals surface area contributed by atoms with E-state index in [0.717, 1.165) is 0 Å². The molecule has 1 aromatic carbocycles. The minimum Gasteiger partial charge on any atom is -0.445 e. The van der Waals surface area contributed by atoms with Gasteiger partial charge in [-0.05, 0) is 24.1 Å². The third-order valence-electron chi connectivity index (χ3n) is 4.44. The molecule has 0 spiro atoms. The molecule has 0 aliphatic carbocycles. The fourth-order valence-corrected chi connectivity index (χ4v) is 3.44. The number of amides is 2. The number of benzene rings is 1. The molecule has 26 heavy (non-hydrogen) atoms. The summed E-state index contributed by atoms with van der Waals surface area (Å²) in [4.78, 5) is 38.3. The number of rotatable bonds is 4. The first-order valence-corrected chi connectivity index (χ1v) is 8.76. The highest BCUT2D eigenvalue weighted by molar-refractivity contribution is 7.81. The fraction of sp³-hybridized carbons (Fsp3) is 0.412. The van der Waals surface area contributed by atoms with Crippen molar-refractivity contribution in [2.24, 2.45) is 0 Å². The van der Waals surface area contributed by atoms with Gasteiger partial charge < -0.3 is 9.64 Å². The highest BCUT2D eigenvalue weighted by Crippen LogP contribution is 2.25. The van der Waals surface area contributed by atoms with Crippen molar-refractivity contribution in [1.29, 1.82) is 0 Å². The van der Waals surface area contributed by atoms with E-state index in [4.69, 9.17) is 4.74 Å². The average Bonchev–Trinajstić information content (AvgIpc) is 3.29. The molecule has 1 aromatic rings. The van der Waals surface area contributed by atoms with E-state index in [1.54, 1.807) is 4.90 Å². The molecule has 8 nitrogen and oxygen atoms in total. The zero-order valence-corrected chi connectivity index (χ0v) is 14.9. The first kappa shape index (κ1) is 18.2. The number of nitrogens with zero attached hydrogens (tertiary/aromatic N) is 3. The molecule has 0 aromatic heterocycles. The van der Waals surface area contributed by atoms with Crippen molar-refractivity contribution >= 4 is 30.3 Å². The smallest absolute Gasteiger partial charge is 0.410 e. The van der Waals surface area contributed by atoms with Gasteiger partial charge in [-0.25, -0.2) is 4.79 Å². The number of non-ortho nitro benzene ring substituents is 1. The Morgan fingerprint density at radius 1 is 1.23 bits per heavy atom. The summed E-state index contributed by atoms with van der Waals surface area (Å²) in [7, 11) is 0. The lowest BCUT2D eigenvalue weighted by molar-refractivity contribution is -0.384. The second-order valence-corrected chi connectivity index (χ2v) is 6.98. The molecule has 2 aliphatic rings. The number of carbonyl (C=O) groups is 2. The number of thiol groups is 1. The Bertz CT molecular complexity index is 728. The van der Waals surface area contributed by atoms with E-state index < -0.39 is 17.1 Å². The molecular formula is C17H19N3O5S. The summed E-state index contributed by atoms with van der Waals surface area (Å²) in [5.74, 6) is -0.0983. The summed E-state index contributed by atoms with van der Waals surface area (Å²) < 4.78 is 5.30. The monoisotopic (exact) mass is 377 g/mol. The molecule has 0 radical (unpaired) electrons. The van der Waals surface area contributed by atoms with Crippen LogP contribution in [0.4, 0.5) is 10.5 Å². The molecule has 0 bridgehead atoms. The third kappa shape index (κ3) is 3.98. The Morgan fingerprint density at radius 3 is 2.50 bits per heavy atom. The predicted molar refractivity (Wildman–Crippen MR) is 96.9 cm³/mol. The van der Waals surface area contributed by atoms with Gasteiger partial charge in [0.05, 0.1) is 4.92 Å². The second-order valence-electron chi connectivity index (χ2n) is 6.25. The molecule has 2 heterocycles. The van der Waals surface area contributed by atoms with Crippen LogP contribution in [-0.4, -0.2) is 57.6 Å². The molecule has 138 valence electrons. The van der Waals surface area contributed by atoms with Crippen LogP contribution in [0.15, 0.2) is 36.4 Å². The van der Waals surface area contributed by atoms with Gasteiger partial charge in [-0.15, -0.1) is 0 Å². The third-order valence-corrected chi connectivity index (χ3v) is 4.81. The lowest BCUT2D eigenvalue weighted by Crippen LogP contribution is -2.47. The van der Waals surface area contributed by atoms with Crippen molar-refractivity contribution in [2.75, 3.05) is 19.6 Å². The lowest BCUT2D eigenvalue weighted by Gasteiger charge is -2.27. The van der Waals surface area contributed by atoms with Gasteiger partial charge in [-0.2, -0.15) is 12.6 Å². The highest BCUT2D eigenvalue weighted by Gasteiger charge is 2.41. The van der Waals surface area contributed by atoms with Crippen molar-refractivity contribution < 1.29 is 19.2 Å². The van der Waals surface area contributed by atoms with Gasteiger partial charge in [0.1, 0.15) is 12.6 Å². The Hall–Kier alpha value is -2.55. The topological polar surface area (TPSA) is 93.0 Å². The zero-order valence-electron chi connectivity index (χ0n) is 14.0. The summed E-state index contributed by atoms with van der Waals surface area (Å²) in [5, 5.41) is 10.6. The predicted octanol–water partition coefficient (Wildman–Crippen LogP) is 2.00. The normalized spacial score (nSPS) is 21.9. The minimum absolute atomic E-state index is 0.0171. The van der Waals surface area contributed by atoms with Crippen LogP contribution in [0.5, 0.6) is 0 Å². The first-order valence-electron chi connectivity index (χ1n) is 8.24. The van der Waals surface area contributed by atoms with Crippen molar-refractivity contribution in [2.45, 2.75) is 24.3 Å². The number of hydrogen-bond acceptors (Lipinski definition) is 6. The molecule has 0 saturated carbocycles. The number of hydrogen-bond donors (Lipinski definition) is 1. The van der Waals surface area contributed by atoms with Crippen LogP contribution in [-0.2, 0) is 16.1 Å². The van der Waals surface area contributed by atoms with Crippen molar-refractivity contribution in [1.82, 2.24) is 9.80 Å². The first-order chi connectivity index (χ1) is 12.5. The SMILES string of the molecule is O=C([C@@H]1C[C@H](S)CN1C(=O)OCc1ccc([N+](=O)[O-])cc1)N1CC=CC1. The Morgan fingerprint density at radius 2 is 1.88 bits per heavy atom. The molecule has 1 saturated heterocycles. The van der Waals surface area contributed by atoms with Crippen LogP contribution >= 0.6 is 12.6 Å². The maximum Gasteiger partial charge on any atom is 0.410 e. The highest BCUT2D eigenvalue weighted by atomic mass is 32.1. The van der Waals surface area contributed by atoms with E-state index in [0.29, 0.717) is 31.6 Å². The van der Waals surface area contributed by atoms with Crippen molar-refractivity contribution in [3.8, 4) is 0 Å². The molecule has 0 unspecified atom stereocenters. The van der Waals surface area contributed by atoms with Gasteiger partial charge in [0, 0.05) is 37.0 Å². The van der Waals surface area contributed by atoms with Crippen LogP contribution in [0.2, 0.25) is 0 Å². The number of carbonyl (C=O) groups excluding carboxylic acids is 2. The number of nitro benzene ring substituents is 1. The summed E-state index contributed by atoms with van der Waals surface area (Å²) >= 11 is 4.41. The number of likely N-dealkylation sites (tertiary alicyclic amines) is 1. The maximum absolute atomic E-state index is 12.6. The Kier molecular flexibility index (Phi) is 5.46. The number of ether oxygens (including phenoxy) is 1. The average molecular weight is 377 g/mol. The van der Waals surface area contributed by atoms with Crippen LogP contribution < -0.4 is 0 Å². The van der Waals surface area contributed by atoms with E-state index in [1.807, 2.05) is 12.2 Å². The van der Waals surface area contributed by atoms with Crippen LogP contribution in [0, 0.1) is 10.1 Å². The molecule has 1 fully saturated rings. The molecule has 2 atom stereocenters. The van der Waals surface area contributed by atoms with E-state index in [1.165, 1.54) is 29.2 Å². The fourth-order valence-electron chi connectivity index (χ4n) is 3.06. The quantitative estimate of drug-likeness (QED) is 0.375. The largest absolute Gasteiger partial charge is 0.445 e. The number of nitro groups is 1. The minimum atomic E-state index is -0.578. The van der Waals surface area contributed by atoms with E-state index in [9.17, 15) is 19.7 Å². The van der Waals surface area contributed by atoms with E-state index in [-0.39, 0.29) is 23.5 Å². The van der Waals surface area contributed by atoms with Crippen molar-refractivity contribution in [3.63, 3.8) is 0 Å². The summed E-state index contributed by atoms with van der Waals surface area (Å²) in [6.45, 7) is 1.44.